The third kappa shape index (κ3) is 3.45. The molecule has 2 saturated heterocycles. The summed E-state index contributed by atoms with van der Waals surface area (Å²) in [5, 5.41) is 9.83. The van der Waals surface area contributed by atoms with E-state index in [9.17, 15) is 5.11 Å². The molecular weight excluding hydrogens is 278 g/mol. The lowest BCUT2D eigenvalue weighted by atomic mass is 9.79. The normalized spacial score (nSPS) is 30.7. The largest absolute Gasteiger partial charge is 0.508 e. The van der Waals surface area contributed by atoms with Crippen molar-refractivity contribution in [2.24, 2.45) is 11.8 Å². The fourth-order valence-electron chi connectivity index (χ4n) is 3.73. The fourth-order valence-corrected chi connectivity index (χ4v) is 3.73. The molecule has 0 amide bonds. The zero-order chi connectivity index (χ0) is 15.5. The van der Waals surface area contributed by atoms with Gasteiger partial charge in [-0.1, -0.05) is 26.0 Å². The molecule has 0 aliphatic carbocycles. The highest BCUT2D eigenvalue weighted by Crippen LogP contribution is 2.40. The predicted octanol–water partition coefficient (Wildman–Crippen LogP) is 3.17. The minimum atomic E-state index is -0.0421. The average Bonchev–Trinajstić information content (AvgIpc) is 3.02. The molecule has 22 heavy (non-hydrogen) atoms. The number of rotatable bonds is 4. The van der Waals surface area contributed by atoms with Gasteiger partial charge in [0.15, 0.2) is 6.29 Å². The Morgan fingerprint density at radius 1 is 1.23 bits per heavy atom. The molecule has 0 saturated carbocycles. The van der Waals surface area contributed by atoms with Crippen molar-refractivity contribution in [3.63, 3.8) is 0 Å². The number of hydrogen-bond acceptors (Lipinski definition) is 4. The first-order valence-corrected chi connectivity index (χ1v) is 8.41. The van der Waals surface area contributed by atoms with Crippen molar-refractivity contribution in [2.45, 2.75) is 39.0 Å². The zero-order valence-electron chi connectivity index (χ0n) is 13.6. The van der Waals surface area contributed by atoms with Gasteiger partial charge in [-0.3, -0.25) is 4.90 Å². The number of nitrogens with zero attached hydrogens (tertiary/aromatic N) is 1. The Morgan fingerprint density at radius 2 is 2.00 bits per heavy atom. The van der Waals surface area contributed by atoms with Crippen LogP contribution >= 0.6 is 0 Å². The molecule has 2 fully saturated rings. The topological polar surface area (TPSA) is 41.9 Å². The molecule has 3 atom stereocenters. The SMILES string of the molecule is C[C@H]1CCN(CCC2OCCO2)C(c2cccc(O)c2)[C@@H]1C. The maximum atomic E-state index is 9.83. The minimum Gasteiger partial charge on any atom is -0.508 e. The summed E-state index contributed by atoms with van der Waals surface area (Å²) in [4.78, 5) is 2.53. The molecule has 2 heterocycles. The Morgan fingerprint density at radius 3 is 2.73 bits per heavy atom. The van der Waals surface area contributed by atoms with Gasteiger partial charge in [-0.15, -0.1) is 0 Å². The van der Waals surface area contributed by atoms with E-state index in [1.807, 2.05) is 12.1 Å². The molecular formula is C18H27NO3. The second kappa shape index (κ2) is 6.99. The molecule has 1 N–H and O–H groups in total. The van der Waals surface area contributed by atoms with E-state index in [0.717, 1.165) is 19.5 Å². The van der Waals surface area contributed by atoms with Crippen LogP contribution in [0.5, 0.6) is 5.75 Å². The predicted molar refractivity (Wildman–Crippen MR) is 85.7 cm³/mol. The number of ether oxygens (including phenoxy) is 2. The summed E-state index contributed by atoms with van der Waals surface area (Å²) < 4.78 is 11.1. The Kier molecular flexibility index (Phi) is 5.01. The van der Waals surface area contributed by atoms with E-state index in [2.05, 4.69) is 24.8 Å². The summed E-state index contributed by atoms with van der Waals surface area (Å²) in [5.41, 5.74) is 1.22. The lowest BCUT2D eigenvalue weighted by Gasteiger charge is -2.44. The van der Waals surface area contributed by atoms with Gasteiger partial charge < -0.3 is 14.6 Å². The van der Waals surface area contributed by atoms with Crippen molar-refractivity contribution in [3.8, 4) is 5.75 Å². The van der Waals surface area contributed by atoms with Gasteiger partial charge in [-0.25, -0.2) is 0 Å². The third-order valence-electron chi connectivity index (χ3n) is 5.22. The van der Waals surface area contributed by atoms with Crippen molar-refractivity contribution < 1.29 is 14.6 Å². The van der Waals surface area contributed by atoms with Crippen LogP contribution in [0.25, 0.3) is 0 Å². The number of piperidine rings is 1. The van der Waals surface area contributed by atoms with Crippen LogP contribution in [0.1, 0.15) is 38.3 Å². The van der Waals surface area contributed by atoms with E-state index in [1.54, 1.807) is 6.07 Å². The van der Waals surface area contributed by atoms with Gasteiger partial charge in [-0.05, 0) is 42.5 Å². The molecule has 4 nitrogen and oxygen atoms in total. The van der Waals surface area contributed by atoms with Gasteiger partial charge >= 0.3 is 0 Å². The highest BCUT2D eigenvalue weighted by Gasteiger charge is 2.34. The van der Waals surface area contributed by atoms with E-state index in [-0.39, 0.29) is 6.29 Å². The van der Waals surface area contributed by atoms with Crippen LogP contribution in [0.2, 0.25) is 0 Å². The minimum absolute atomic E-state index is 0.0421. The number of likely N-dealkylation sites (tertiary alicyclic amines) is 1. The van der Waals surface area contributed by atoms with Crippen molar-refractivity contribution in [3.05, 3.63) is 29.8 Å². The fraction of sp³-hybridized carbons (Fsp3) is 0.667. The maximum Gasteiger partial charge on any atom is 0.159 e. The van der Waals surface area contributed by atoms with Gasteiger partial charge in [0.25, 0.3) is 0 Å². The summed E-state index contributed by atoms with van der Waals surface area (Å²) >= 11 is 0. The first kappa shape index (κ1) is 15.8. The van der Waals surface area contributed by atoms with Crippen molar-refractivity contribution >= 4 is 0 Å². The molecule has 0 spiro atoms. The molecule has 4 heteroatoms. The number of aromatic hydroxyl groups is 1. The van der Waals surface area contributed by atoms with E-state index in [0.29, 0.717) is 36.8 Å². The summed E-state index contributed by atoms with van der Waals surface area (Å²) in [7, 11) is 0. The third-order valence-corrected chi connectivity index (χ3v) is 5.22. The molecule has 3 rings (SSSR count). The summed E-state index contributed by atoms with van der Waals surface area (Å²) in [6, 6.07) is 8.09. The maximum absolute atomic E-state index is 9.83. The first-order chi connectivity index (χ1) is 10.6. The molecule has 122 valence electrons. The van der Waals surface area contributed by atoms with Gasteiger partial charge in [0.05, 0.1) is 13.2 Å². The average molecular weight is 305 g/mol. The number of phenols is 1. The lowest BCUT2D eigenvalue weighted by Crippen LogP contribution is -2.42. The Labute approximate surface area is 133 Å². The monoisotopic (exact) mass is 305 g/mol. The second-order valence-electron chi connectivity index (χ2n) is 6.66. The molecule has 2 aliphatic heterocycles. The molecule has 0 aromatic heterocycles. The lowest BCUT2D eigenvalue weighted by molar-refractivity contribution is -0.0586. The molecule has 1 aromatic rings. The molecule has 1 aromatic carbocycles. The van der Waals surface area contributed by atoms with Crippen LogP contribution in [0, 0.1) is 11.8 Å². The quantitative estimate of drug-likeness (QED) is 0.928. The van der Waals surface area contributed by atoms with E-state index >= 15 is 0 Å². The Balaban J connectivity index is 1.73. The van der Waals surface area contributed by atoms with Crippen LogP contribution in [0.3, 0.4) is 0 Å². The Bertz CT molecular complexity index is 487. The van der Waals surface area contributed by atoms with Crippen LogP contribution < -0.4 is 0 Å². The Hall–Kier alpha value is -1.10. The van der Waals surface area contributed by atoms with E-state index < -0.39 is 0 Å². The summed E-state index contributed by atoms with van der Waals surface area (Å²) in [6.07, 6.45) is 2.10. The van der Waals surface area contributed by atoms with E-state index in [4.69, 9.17) is 9.47 Å². The smallest absolute Gasteiger partial charge is 0.159 e. The van der Waals surface area contributed by atoms with Crippen LogP contribution in [-0.2, 0) is 9.47 Å². The summed E-state index contributed by atoms with van der Waals surface area (Å²) in [6.45, 7) is 8.16. The highest BCUT2D eigenvalue weighted by atomic mass is 16.7. The molecule has 1 unspecified atom stereocenters. The number of benzene rings is 1. The number of phenolic OH excluding ortho intramolecular Hbond substituents is 1. The van der Waals surface area contributed by atoms with Crippen LogP contribution in [0.4, 0.5) is 0 Å². The number of hydrogen-bond donors (Lipinski definition) is 1. The van der Waals surface area contributed by atoms with E-state index in [1.165, 1.54) is 12.0 Å². The molecule has 0 radical (unpaired) electrons. The van der Waals surface area contributed by atoms with Gasteiger partial charge in [0.2, 0.25) is 0 Å². The van der Waals surface area contributed by atoms with Gasteiger partial charge in [0, 0.05) is 19.0 Å². The van der Waals surface area contributed by atoms with Gasteiger partial charge in [-0.2, -0.15) is 0 Å². The zero-order valence-corrected chi connectivity index (χ0v) is 13.6. The van der Waals surface area contributed by atoms with Crippen LogP contribution in [0.15, 0.2) is 24.3 Å². The second-order valence-corrected chi connectivity index (χ2v) is 6.66. The molecule has 2 aliphatic rings. The highest BCUT2D eigenvalue weighted by molar-refractivity contribution is 5.30. The van der Waals surface area contributed by atoms with Crippen molar-refractivity contribution in [2.75, 3.05) is 26.3 Å². The standard InChI is InChI=1S/C18H27NO3/c1-13-6-8-19(9-7-17-21-10-11-22-17)18(14(13)2)15-4-3-5-16(20)12-15/h3-5,12-14,17-18,20H,6-11H2,1-2H3/t13-,14+,18?/m0/s1. The first-order valence-electron chi connectivity index (χ1n) is 8.41. The van der Waals surface area contributed by atoms with Crippen molar-refractivity contribution in [1.82, 2.24) is 4.90 Å². The van der Waals surface area contributed by atoms with Crippen molar-refractivity contribution in [1.29, 1.82) is 0 Å². The summed E-state index contributed by atoms with van der Waals surface area (Å²) in [5.74, 6) is 1.62. The molecule has 0 bridgehead atoms. The van der Waals surface area contributed by atoms with Crippen LogP contribution in [-0.4, -0.2) is 42.6 Å². The van der Waals surface area contributed by atoms with Gasteiger partial charge in [0.1, 0.15) is 5.75 Å².